The Kier molecular flexibility index (Phi) is 4.07. The molecule has 1 atom stereocenters. The van der Waals surface area contributed by atoms with Gasteiger partial charge in [0, 0.05) is 6.04 Å². The van der Waals surface area contributed by atoms with E-state index in [0.29, 0.717) is 6.04 Å². The second kappa shape index (κ2) is 5.55. The molecule has 0 aromatic heterocycles. The summed E-state index contributed by atoms with van der Waals surface area (Å²) < 4.78 is 11.8. The Bertz CT molecular complexity index is 351. The van der Waals surface area contributed by atoms with E-state index in [1.54, 1.807) is 7.11 Å². The normalized spacial score (nSPS) is 19.8. The molecule has 1 saturated heterocycles. The first-order chi connectivity index (χ1) is 7.79. The molecule has 1 aromatic carbocycles. The molecule has 2 rings (SSSR count). The minimum atomic E-state index is 0.494. The van der Waals surface area contributed by atoms with Gasteiger partial charge in [0.15, 0.2) is 0 Å². The van der Waals surface area contributed by atoms with Gasteiger partial charge >= 0.3 is 0 Å². The van der Waals surface area contributed by atoms with Gasteiger partial charge in [0.05, 0.1) is 11.6 Å². The standard InChI is InChI=1S/C12H16BrNO2/c1-15-10-4-5-12(11(13)7-10)16-8-9-3-2-6-14-9/h4-5,7,9,14H,2-3,6,8H2,1H3/t9-/m0/s1. The summed E-state index contributed by atoms with van der Waals surface area (Å²) in [6.45, 7) is 1.84. The summed E-state index contributed by atoms with van der Waals surface area (Å²) in [4.78, 5) is 0. The number of halogens is 1. The number of methoxy groups -OCH3 is 1. The maximum atomic E-state index is 5.76. The number of hydrogen-bond acceptors (Lipinski definition) is 3. The molecule has 1 aliphatic heterocycles. The second-order valence-corrected chi connectivity index (χ2v) is 4.75. The van der Waals surface area contributed by atoms with E-state index < -0.39 is 0 Å². The number of hydrogen-bond donors (Lipinski definition) is 1. The lowest BCUT2D eigenvalue weighted by Crippen LogP contribution is -2.28. The van der Waals surface area contributed by atoms with Crippen LogP contribution in [0.5, 0.6) is 11.5 Å². The molecule has 0 unspecified atom stereocenters. The van der Waals surface area contributed by atoms with Gasteiger partial charge in [0.25, 0.3) is 0 Å². The van der Waals surface area contributed by atoms with E-state index in [4.69, 9.17) is 9.47 Å². The quantitative estimate of drug-likeness (QED) is 0.923. The van der Waals surface area contributed by atoms with Gasteiger partial charge in [0.1, 0.15) is 18.1 Å². The van der Waals surface area contributed by atoms with Gasteiger partial charge in [-0.3, -0.25) is 0 Å². The van der Waals surface area contributed by atoms with Crippen LogP contribution in [0.15, 0.2) is 22.7 Å². The highest BCUT2D eigenvalue weighted by molar-refractivity contribution is 9.10. The zero-order chi connectivity index (χ0) is 11.4. The van der Waals surface area contributed by atoms with Crippen LogP contribution in [-0.2, 0) is 0 Å². The zero-order valence-corrected chi connectivity index (χ0v) is 10.9. The van der Waals surface area contributed by atoms with Crippen LogP contribution in [-0.4, -0.2) is 26.3 Å². The van der Waals surface area contributed by atoms with E-state index in [1.165, 1.54) is 12.8 Å². The van der Waals surface area contributed by atoms with Gasteiger partial charge in [-0.1, -0.05) is 0 Å². The maximum absolute atomic E-state index is 5.76. The van der Waals surface area contributed by atoms with Crippen LogP contribution in [0.3, 0.4) is 0 Å². The lowest BCUT2D eigenvalue weighted by Gasteiger charge is -2.13. The molecule has 0 bridgehead atoms. The van der Waals surface area contributed by atoms with E-state index in [2.05, 4.69) is 21.2 Å². The third kappa shape index (κ3) is 2.89. The highest BCUT2D eigenvalue weighted by atomic mass is 79.9. The molecule has 4 heteroatoms. The molecule has 88 valence electrons. The van der Waals surface area contributed by atoms with Gasteiger partial charge < -0.3 is 14.8 Å². The van der Waals surface area contributed by atoms with E-state index in [0.717, 1.165) is 29.1 Å². The van der Waals surface area contributed by atoms with Crippen LogP contribution in [0, 0.1) is 0 Å². The summed E-state index contributed by atoms with van der Waals surface area (Å²) in [6, 6.07) is 6.24. The van der Waals surface area contributed by atoms with E-state index in [-0.39, 0.29) is 0 Å². The SMILES string of the molecule is COc1ccc(OC[C@@H]2CCCN2)c(Br)c1. The first-order valence-electron chi connectivity index (χ1n) is 5.49. The summed E-state index contributed by atoms with van der Waals surface area (Å²) >= 11 is 3.47. The molecule has 1 N–H and O–H groups in total. The molecule has 1 fully saturated rings. The molecule has 1 aromatic rings. The van der Waals surface area contributed by atoms with Gasteiger partial charge in [-0.2, -0.15) is 0 Å². The Labute approximate surface area is 104 Å². The van der Waals surface area contributed by atoms with Crippen LogP contribution in [0.1, 0.15) is 12.8 Å². The Balaban J connectivity index is 1.93. The smallest absolute Gasteiger partial charge is 0.133 e. The average molecular weight is 286 g/mol. The van der Waals surface area contributed by atoms with Crippen molar-refractivity contribution >= 4 is 15.9 Å². The van der Waals surface area contributed by atoms with Gasteiger partial charge in [-0.25, -0.2) is 0 Å². The van der Waals surface area contributed by atoms with E-state index >= 15 is 0 Å². The topological polar surface area (TPSA) is 30.5 Å². The van der Waals surface area contributed by atoms with Crippen molar-refractivity contribution in [3.63, 3.8) is 0 Å². The Morgan fingerprint density at radius 2 is 2.38 bits per heavy atom. The molecule has 0 spiro atoms. The minimum absolute atomic E-state index is 0.494. The third-order valence-electron chi connectivity index (χ3n) is 2.74. The molecular weight excluding hydrogens is 270 g/mol. The van der Waals surface area contributed by atoms with Crippen molar-refractivity contribution in [1.82, 2.24) is 5.32 Å². The molecular formula is C12H16BrNO2. The van der Waals surface area contributed by atoms with Crippen molar-refractivity contribution in [3.8, 4) is 11.5 Å². The zero-order valence-electron chi connectivity index (χ0n) is 9.33. The van der Waals surface area contributed by atoms with Crippen LogP contribution in [0.25, 0.3) is 0 Å². The lowest BCUT2D eigenvalue weighted by atomic mass is 10.2. The summed E-state index contributed by atoms with van der Waals surface area (Å²) in [7, 11) is 1.66. The predicted octanol–water partition coefficient (Wildman–Crippen LogP) is 2.59. The highest BCUT2D eigenvalue weighted by Crippen LogP contribution is 2.29. The molecule has 0 saturated carbocycles. The van der Waals surface area contributed by atoms with Gasteiger partial charge in [0.2, 0.25) is 0 Å². The lowest BCUT2D eigenvalue weighted by molar-refractivity contribution is 0.275. The van der Waals surface area contributed by atoms with Crippen LogP contribution >= 0.6 is 15.9 Å². The average Bonchev–Trinajstić information content (AvgIpc) is 2.80. The predicted molar refractivity (Wildman–Crippen MR) is 67.2 cm³/mol. The molecule has 0 aliphatic carbocycles. The maximum Gasteiger partial charge on any atom is 0.133 e. The van der Waals surface area contributed by atoms with Crippen LogP contribution in [0.2, 0.25) is 0 Å². The van der Waals surface area contributed by atoms with Crippen molar-refractivity contribution < 1.29 is 9.47 Å². The largest absolute Gasteiger partial charge is 0.497 e. The monoisotopic (exact) mass is 285 g/mol. The van der Waals surface area contributed by atoms with Crippen LogP contribution in [0.4, 0.5) is 0 Å². The van der Waals surface area contributed by atoms with Gasteiger partial charge in [-0.15, -0.1) is 0 Å². The number of benzene rings is 1. The van der Waals surface area contributed by atoms with Crippen molar-refractivity contribution in [2.24, 2.45) is 0 Å². The number of rotatable bonds is 4. The number of nitrogens with one attached hydrogen (secondary N) is 1. The summed E-state index contributed by atoms with van der Waals surface area (Å²) in [5, 5.41) is 3.40. The summed E-state index contributed by atoms with van der Waals surface area (Å²) in [5.41, 5.74) is 0. The highest BCUT2D eigenvalue weighted by Gasteiger charge is 2.15. The minimum Gasteiger partial charge on any atom is -0.497 e. The number of ether oxygens (including phenoxy) is 2. The van der Waals surface area contributed by atoms with Crippen molar-refractivity contribution in [2.45, 2.75) is 18.9 Å². The molecule has 16 heavy (non-hydrogen) atoms. The fraction of sp³-hybridized carbons (Fsp3) is 0.500. The van der Waals surface area contributed by atoms with E-state index in [9.17, 15) is 0 Å². The Hall–Kier alpha value is -0.740. The van der Waals surface area contributed by atoms with Gasteiger partial charge in [-0.05, 0) is 53.5 Å². The van der Waals surface area contributed by atoms with Crippen molar-refractivity contribution in [2.75, 3.05) is 20.3 Å². The molecule has 0 amide bonds. The fourth-order valence-corrected chi connectivity index (χ4v) is 2.29. The second-order valence-electron chi connectivity index (χ2n) is 3.90. The summed E-state index contributed by atoms with van der Waals surface area (Å²) in [6.07, 6.45) is 2.45. The molecule has 1 heterocycles. The molecule has 1 aliphatic rings. The third-order valence-corrected chi connectivity index (χ3v) is 3.36. The molecule has 0 radical (unpaired) electrons. The Morgan fingerprint density at radius 1 is 1.50 bits per heavy atom. The Morgan fingerprint density at radius 3 is 3.00 bits per heavy atom. The van der Waals surface area contributed by atoms with E-state index in [1.807, 2.05) is 18.2 Å². The fourth-order valence-electron chi connectivity index (χ4n) is 1.81. The van der Waals surface area contributed by atoms with Crippen molar-refractivity contribution in [1.29, 1.82) is 0 Å². The van der Waals surface area contributed by atoms with Crippen LogP contribution < -0.4 is 14.8 Å². The molecule has 3 nitrogen and oxygen atoms in total. The summed E-state index contributed by atoms with van der Waals surface area (Å²) in [5.74, 6) is 1.70. The van der Waals surface area contributed by atoms with Crippen molar-refractivity contribution in [3.05, 3.63) is 22.7 Å². The first kappa shape index (κ1) is 11.7. The first-order valence-corrected chi connectivity index (χ1v) is 6.28.